The molecule has 1 atom stereocenters. The summed E-state index contributed by atoms with van der Waals surface area (Å²) in [7, 11) is 0. The monoisotopic (exact) mass is 336 g/mol. The minimum atomic E-state index is -0.0520. The molecular weight excluding hydrogens is 312 g/mol. The highest BCUT2D eigenvalue weighted by Gasteiger charge is 2.53. The minimum Gasteiger partial charge on any atom is -0.619 e. The highest BCUT2D eigenvalue weighted by atomic mass is 35.5. The van der Waals surface area contributed by atoms with Crippen LogP contribution in [0.15, 0.2) is 24.5 Å². The lowest BCUT2D eigenvalue weighted by Gasteiger charge is -2.59. The molecule has 1 aromatic heterocycles. The lowest BCUT2D eigenvalue weighted by molar-refractivity contribution is -0.605. The van der Waals surface area contributed by atoms with Gasteiger partial charge in [0, 0.05) is 18.2 Å². The van der Waals surface area contributed by atoms with E-state index in [9.17, 15) is 10.0 Å². The number of pyridine rings is 1. The van der Waals surface area contributed by atoms with Crippen molar-refractivity contribution in [2.45, 2.75) is 51.5 Å². The number of carbonyl (C=O) groups excluding carboxylic acids is 1. The van der Waals surface area contributed by atoms with E-state index in [1.807, 2.05) is 0 Å². The van der Waals surface area contributed by atoms with Crippen LogP contribution in [0.2, 0.25) is 0 Å². The van der Waals surface area contributed by atoms with Crippen LogP contribution >= 0.6 is 12.4 Å². The van der Waals surface area contributed by atoms with E-state index in [0.717, 1.165) is 17.8 Å². The summed E-state index contributed by atoms with van der Waals surface area (Å²) < 4.78 is 0.708. The van der Waals surface area contributed by atoms with Gasteiger partial charge in [-0.05, 0) is 68.6 Å². The van der Waals surface area contributed by atoms with Gasteiger partial charge in [-0.1, -0.05) is 0 Å². The van der Waals surface area contributed by atoms with Crippen molar-refractivity contribution in [2.24, 2.45) is 23.2 Å². The Hall–Kier alpha value is -1.29. The van der Waals surface area contributed by atoms with Crippen LogP contribution in [0, 0.1) is 28.4 Å². The molecule has 0 aliphatic heterocycles. The number of nitrogens with one attached hydrogen (secondary N) is 1. The fourth-order valence-corrected chi connectivity index (χ4v) is 5.71. The second-order valence-electron chi connectivity index (χ2n) is 7.92. The Balaban J connectivity index is 0.00000156. The van der Waals surface area contributed by atoms with E-state index in [1.165, 1.54) is 50.9 Å². The number of carbonyl (C=O) groups is 1. The summed E-state index contributed by atoms with van der Waals surface area (Å²) in [6.45, 7) is 2.18. The van der Waals surface area contributed by atoms with Gasteiger partial charge >= 0.3 is 0 Å². The molecule has 126 valence electrons. The summed E-state index contributed by atoms with van der Waals surface area (Å²) >= 11 is 0. The molecule has 5 rings (SSSR count). The molecule has 0 aromatic carbocycles. The van der Waals surface area contributed by atoms with Crippen LogP contribution in [0.5, 0.6) is 0 Å². The highest BCUT2D eigenvalue weighted by Crippen LogP contribution is 2.61. The smallest absolute Gasteiger partial charge is 0.251 e. The van der Waals surface area contributed by atoms with Crippen LogP contribution in [0.1, 0.15) is 55.8 Å². The predicted molar refractivity (Wildman–Crippen MR) is 90.2 cm³/mol. The summed E-state index contributed by atoms with van der Waals surface area (Å²) in [5.74, 6) is 2.62. The quantitative estimate of drug-likeness (QED) is 0.681. The predicted octanol–water partition coefficient (Wildman–Crippen LogP) is 3.08. The molecule has 4 aliphatic rings. The molecule has 0 radical (unpaired) electrons. The van der Waals surface area contributed by atoms with E-state index >= 15 is 0 Å². The van der Waals surface area contributed by atoms with Crippen LogP contribution in [0.25, 0.3) is 0 Å². The maximum atomic E-state index is 12.4. The van der Waals surface area contributed by atoms with E-state index in [0.29, 0.717) is 15.7 Å². The Morgan fingerprint density at radius 1 is 1.17 bits per heavy atom. The number of hydrogen-bond acceptors (Lipinski definition) is 2. The fourth-order valence-electron chi connectivity index (χ4n) is 5.71. The molecular formula is C18H25ClN2O2. The average Bonchev–Trinajstić information content (AvgIpc) is 2.46. The van der Waals surface area contributed by atoms with Gasteiger partial charge in [0.05, 0.1) is 5.56 Å². The summed E-state index contributed by atoms with van der Waals surface area (Å²) in [6, 6.07) is 3.40. The Morgan fingerprint density at radius 3 is 2.13 bits per heavy atom. The zero-order chi connectivity index (χ0) is 15.3. The van der Waals surface area contributed by atoms with E-state index in [1.54, 1.807) is 12.1 Å². The first kappa shape index (κ1) is 16.6. The number of amides is 1. The molecule has 23 heavy (non-hydrogen) atoms. The molecule has 0 spiro atoms. The first-order valence-corrected chi connectivity index (χ1v) is 8.54. The van der Waals surface area contributed by atoms with Gasteiger partial charge in [0.15, 0.2) is 12.4 Å². The molecule has 0 saturated heterocycles. The van der Waals surface area contributed by atoms with Crippen molar-refractivity contribution >= 4 is 18.3 Å². The standard InChI is InChI=1S/C18H24N2O2.ClH/c1-12(19-17(21)16-2-4-20(22)5-3-16)18-9-13-6-14(10-18)8-15(7-13)11-18;/h2-5,12-15H,6-11H2,1H3,(H,19,21);1H. The third kappa shape index (κ3) is 2.93. The van der Waals surface area contributed by atoms with Gasteiger partial charge in [0.2, 0.25) is 0 Å². The molecule has 4 fully saturated rings. The summed E-state index contributed by atoms with van der Waals surface area (Å²) in [4.78, 5) is 12.4. The van der Waals surface area contributed by atoms with Crippen LogP contribution in [-0.2, 0) is 0 Å². The Bertz CT molecular complexity index is 552. The molecule has 1 N–H and O–H groups in total. The van der Waals surface area contributed by atoms with Gasteiger partial charge in [-0.15, -0.1) is 12.4 Å². The molecule has 1 unspecified atom stereocenters. The number of nitrogens with zero attached hydrogens (tertiary/aromatic N) is 1. The maximum Gasteiger partial charge on any atom is 0.251 e. The van der Waals surface area contributed by atoms with Gasteiger partial charge in [0.25, 0.3) is 5.91 Å². The van der Waals surface area contributed by atoms with E-state index in [4.69, 9.17) is 0 Å². The van der Waals surface area contributed by atoms with Crippen LogP contribution in [0.4, 0.5) is 0 Å². The van der Waals surface area contributed by atoms with Gasteiger partial charge < -0.3 is 10.5 Å². The Morgan fingerprint density at radius 2 is 1.65 bits per heavy atom. The summed E-state index contributed by atoms with van der Waals surface area (Å²) in [5.41, 5.74) is 0.890. The third-order valence-electron chi connectivity index (χ3n) is 6.42. The summed E-state index contributed by atoms with van der Waals surface area (Å²) in [5, 5.41) is 14.3. The number of hydrogen-bond donors (Lipinski definition) is 1. The van der Waals surface area contributed by atoms with Crippen molar-refractivity contribution in [2.75, 3.05) is 0 Å². The Labute approximate surface area is 143 Å². The molecule has 4 saturated carbocycles. The SMILES string of the molecule is CC(NC(=O)c1cc[n+]([O-])cc1)C12CC3CC(CC(C3)C1)C2.Cl. The highest BCUT2D eigenvalue weighted by molar-refractivity contribution is 5.94. The molecule has 1 amide bonds. The van der Waals surface area contributed by atoms with Gasteiger partial charge in [0.1, 0.15) is 0 Å². The summed E-state index contributed by atoms with van der Waals surface area (Å²) in [6.07, 6.45) is 10.9. The average molecular weight is 337 g/mol. The van der Waals surface area contributed by atoms with Crippen LogP contribution in [-0.4, -0.2) is 11.9 Å². The van der Waals surface area contributed by atoms with E-state index < -0.39 is 0 Å². The Kier molecular flexibility index (Phi) is 4.30. The van der Waals surface area contributed by atoms with Crippen molar-refractivity contribution in [1.29, 1.82) is 0 Å². The lowest BCUT2D eigenvalue weighted by Crippen LogP contribution is -2.55. The van der Waals surface area contributed by atoms with Crippen molar-refractivity contribution in [1.82, 2.24) is 5.32 Å². The lowest BCUT2D eigenvalue weighted by atomic mass is 9.48. The number of rotatable bonds is 3. The molecule has 1 heterocycles. The number of aromatic nitrogens is 1. The fraction of sp³-hybridized carbons (Fsp3) is 0.667. The molecule has 4 aliphatic carbocycles. The molecule has 1 aromatic rings. The first-order chi connectivity index (χ1) is 10.5. The van der Waals surface area contributed by atoms with E-state index in [2.05, 4.69) is 12.2 Å². The zero-order valence-corrected chi connectivity index (χ0v) is 14.3. The third-order valence-corrected chi connectivity index (χ3v) is 6.42. The van der Waals surface area contributed by atoms with Gasteiger partial charge in [-0.2, -0.15) is 4.73 Å². The van der Waals surface area contributed by atoms with Crippen molar-refractivity contribution in [3.05, 3.63) is 35.3 Å². The first-order valence-electron chi connectivity index (χ1n) is 8.54. The largest absolute Gasteiger partial charge is 0.619 e. The van der Waals surface area contributed by atoms with Gasteiger partial charge in [-0.3, -0.25) is 4.79 Å². The second-order valence-corrected chi connectivity index (χ2v) is 7.92. The van der Waals surface area contributed by atoms with Crippen LogP contribution in [0.3, 0.4) is 0 Å². The van der Waals surface area contributed by atoms with Crippen molar-refractivity contribution in [3.8, 4) is 0 Å². The normalized spacial score (nSPS) is 35.4. The zero-order valence-electron chi connectivity index (χ0n) is 13.5. The molecule has 4 bridgehead atoms. The van der Waals surface area contributed by atoms with Crippen molar-refractivity contribution < 1.29 is 9.52 Å². The topological polar surface area (TPSA) is 56.0 Å². The second kappa shape index (κ2) is 5.97. The van der Waals surface area contributed by atoms with Gasteiger partial charge in [-0.25, -0.2) is 0 Å². The van der Waals surface area contributed by atoms with Crippen LogP contribution < -0.4 is 10.0 Å². The minimum absolute atomic E-state index is 0. The maximum absolute atomic E-state index is 12.4. The van der Waals surface area contributed by atoms with Crippen molar-refractivity contribution in [3.63, 3.8) is 0 Å². The number of halogens is 1. The molecule has 5 heteroatoms. The van der Waals surface area contributed by atoms with E-state index in [-0.39, 0.29) is 24.4 Å². The molecule has 4 nitrogen and oxygen atoms in total.